The van der Waals surface area contributed by atoms with Crippen molar-refractivity contribution in [3.63, 3.8) is 0 Å². The molecule has 1 atom stereocenters. The molecular formula is C12H20N4O2S. The molecule has 7 heteroatoms. The third kappa shape index (κ3) is 3.70. The molecular weight excluding hydrogens is 264 g/mol. The van der Waals surface area contributed by atoms with E-state index in [9.17, 15) is 4.79 Å². The van der Waals surface area contributed by atoms with Crippen LogP contribution >= 0.6 is 11.8 Å². The number of likely N-dealkylation sites (N-methyl/N-ethyl adjacent to an activating group) is 1. The van der Waals surface area contributed by atoms with Gasteiger partial charge in [-0.15, -0.1) is 10.2 Å². The van der Waals surface area contributed by atoms with E-state index in [1.54, 1.807) is 0 Å². The van der Waals surface area contributed by atoms with Crippen molar-refractivity contribution in [2.24, 2.45) is 0 Å². The van der Waals surface area contributed by atoms with Crippen molar-refractivity contribution in [1.82, 2.24) is 19.7 Å². The summed E-state index contributed by atoms with van der Waals surface area (Å²) in [6.45, 7) is 2.94. The minimum absolute atomic E-state index is 0.0269. The molecule has 1 saturated carbocycles. The maximum atomic E-state index is 10.7. The number of carboxylic acid groups (broad SMARTS) is 1. The van der Waals surface area contributed by atoms with E-state index >= 15 is 0 Å². The van der Waals surface area contributed by atoms with Crippen LogP contribution in [0.25, 0.3) is 0 Å². The normalized spacial score (nSPS) is 16.8. The molecule has 0 saturated heterocycles. The third-order valence-corrected chi connectivity index (χ3v) is 4.29. The van der Waals surface area contributed by atoms with Gasteiger partial charge in [-0.3, -0.25) is 4.79 Å². The highest BCUT2D eigenvalue weighted by molar-refractivity contribution is 7.99. The Kier molecular flexibility index (Phi) is 4.46. The topological polar surface area (TPSA) is 71.2 Å². The Morgan fingerprint density at radius 2 is 2.21 bits per heavy atom. The molecule has 0 spiro atoms. The summed E-state index contributed by atoms with van der Waals surface area (Å²) in [5.74, 6) is 0.731. The Morgan fingerprint density at radius 3 is 2.74 bits per heavy atom. The van der Waals surface area contributed by atoms with Crippen molar-refractivity contribution >= 4 is 17.7 Å². The van der Waals surface area contributed by atoms with Gasteiger partial charge in [-0.1, -0.05) is 11.8 Å². The van der Waals surface area contributed by atoms with Gasteiger partial charge in [0.05, 0.1) is 5.75 Å². The van der Waals surface area contributed by atoms with Gasteiger partial charge in [-0.05, 0) is 33.9 Å². The molecule has 1 N–H and O–H groups in total. The summed E-state index contributed by atoms with van der Waals surface area (Å²) in [7, 11) is 4.08. The van der Waals surface area contributed by atoms with Crippen LogP contribution in [0.3, 0.4) is 0 Å². The maximum absolute atomic E-state index is 10.7. The van der Waals surface area contributed by atoms with Gasteiger partial charge < -0.3 is 14.6 Å². The number of hydrogen-bond donors (Lipinski definition) is 1. The van der Waals surface area contributed by atoms with Gasteiger partial charge in [0, 0.05) is 18.5 Å². The molecule has 1 unspecified atom stereocenters. The molecule has 1 aromatic heterocycles. The molecule has 1 aromatic rings. The average molecular weight is 284 g/mol. The van der Waals surface area contributed by atoms with Gasteiger partial charge in [0.1, 0.15) is 5.82 Å². The van der Waals surface area contributed by atoms with E-state index < -0.39 is 5.97 Å². The van der Waals surface area contributed by atoms with Crippen LogP contribution in [0.5, 0.6) is 0 Å². The van der Waals surface area contributed by atoms with Gasteiger partial charge in [0.25, 0.3) is 0 Å². The minimum Gasteiger partial charge on any atom is -0.481 e. The molecule has 0 radical (unpaired) electrons. The molecule has 1 aliphatic rings. The number of aliphatic carboxylic acids is 1. The second kappa shape index (κ2) is 5.92. The predicted octanol–water partition coefficient (Wildman–Crippen LogP) is 1.28. The molecule has 0 aromatic carbocycles. The summed E-state index contributed by atoms with van der Waals surface area (Å²) < 4.78 is 2.09. The van der Waals surface area contributed by atoms with Crippen molar-refractivity contribution in [2.45, 2.75) is 43.4 Å². The molecule has 0 aliphatic heterocycles. The zero-order valence-electron chi connectivity index (χ0n) is 11.5. The number of rotatable bonds is 7. The number of thioether (sulfide) groups is 1. The highest BCUT2D eigenvalue weighted by Crippen LogP contribution is 2.40. The maximum Gasteiger partial charge on any atom is 0.313 e. The Bertz CT molecular complexity index is 457. The fraction of sp³-hybridized carbons (Fsp3) is 0.750. The average Bonchev–Trinajstić information content (AvgIpc) is 3.10. The van der Waals surface area contributed by atoms with Crippen molar-refractivity contribution in [2.75, 3.05) is 19.8 Å². The Labute approximate surface area is 117 Å². The number of nitrogens with zero attached hydrogens (tertiary/aromatic N) is 4. The van der Waals surface area contributed by atoms with Gasteiger partial charge in [0.2, 0.25) is 0 Å². The summed E-state index contributed by atoms with van der Waals surface area (Å²) in [5.41, 5.74) is 0. The first-order valence-corrected chi connectivity index (χ1v) is 7.41. The van der Waals surface area contributed by atoms with Crippen LogP contribution in [0.15, 0.2) is 5.16 Å². The van der Waals surface area contributed by atoms with Crippen LogP contribution in [0, 0.1) is 0 Å². The summed E-state index contributed by atoms with van der Waals surface area (Å²) in [6, 6.07) is 0.359. The summed E-state index contributed by atoms with van der Waals surface area (Å²) in [6.07, 6.45) is 2.33. The van der Waals surface area contributed by atoms with Crippen molar-refractivity contribution in [3.05, 3.63) is 5.82 Å². The lowest BCUT2D eigenvalue weighted by molar-refractivity contribution is -0.133. The van der Waals surface area contributed by atoms with Crippen molar-refractivity contribution in [3.8, 4) is 0 Å². The first kappa shape index (κ1) is 14.3. The first-order valence-electron chi connectivity index (χ1n) is 6.43. The lowest BCUT2D eigenvalue weighted by Gasteiger charge is -2.21. The molecule has 19 heavy (non-hydrogen) atoms. The number of carboxylic acids is 1. The summed E-state index contributed by atoms with van der Waals surface area (Å²) >= 11 is 1.25. The van der Waals surface area contributed by atoms with Crippen LogP contribution < -0.4 is 0 Å². The molecule has 0 bridgehead atoms. The van der Waals surface area contributed by atoms with Crippen LogP contribution in [0.1, 0.15) is 31.5 Å². The van der Waals surface area contributed by atoms with Crippen LogP contribution in [0.2, 0.25) is 0 Å². The molecule has 1 fully saturated rings. The highest BCUT2D eigenvalue weighted by Gasteiger charge is 2.31. The van der Waals surface area contributed by atoms with E-state index in [1.165, 1.54) is 11.8 Å². The predicted molar refractivity (Wildman–Crippen MR) is 73.5 cm³/mol. The van der Waals surface area contributed by atoms with Crippen LogP contribution in [-0.2, 0) is 11.3 Å². The largest absolute Gasteiger partial charge is 0.481 e. The fourth-order valence-corrected chi connectivity index (χ4v) is 2.45. The monoisotopic (exact) mass is 284 g/mol. The Hall–Kier alpha value is -1.08. The Morgan fingerprint density at radius 1 is 1.53 bits per heavy atom. The Balaban J connectivity index is 2.15. The fourth-order valence-electron chi connectivity index (χ4n) is 1.78. The zero-order valence-corrected chi connectivity index (χ0v) is 12.4. The van der Waals surface area contributed by atoms with Gasteiger partial charge in [-0.25, -0.2) is 0 Å². The van der Waals surface area contributed by atoms with E-state index in [0.717, 1.165) is 30.4 Å². The van der Waals surface area contributed by atoms with Gasteiger partial charge >= 0.3 is 5.97 Å². The number of aromatic nitrogens is 3. The first-order chi connectivity index (χ1) is 8.99. The molecule has 2 rings (SSSR count). The standard InChI is InChI=1S/C12H20N4O2S/c1-8(15(2)3)6-16-11(9-4-5-9)13-14-12(16)19-7-10(17)18/h8-9H,4-7H2,1-3H3,(H,17,18). The minimum atomic E-state index is -0.826. The van der Waals surface area contributed by atoms with Gasteiger partial charge in [0.15, 0.2) is 5.16 Å². The smallest absolute Gasteiger partial charge is 0.313 e. The van der Waals surface area contributed by atoms with Crippen molar-refractivity contribution < 1.29 is 9.90 Å². The second-order valence-corrected chi connectivity index (χ2v) is 6.16. The second-order valence-electron chi connectivity index (χ2n) is 5.22. The zero-order chi connectivity index (χ0) is 14.0. The molecule has 106 valence electrons. The lowest BCUT2D eigenvalue weighted by Crippen LogP contribution is -2.30. The van der Waals surface area contributed by atoms with E-state index in [-0.39, 0.29) is 5.75 Å². The highest BCUT2D eigenvalue weighted by atomic mass is 32.2. The third-order valence-electron chi connectivity index (χ3n) is 3.34. The molecule has 1 aliphatic carbocycles. The summed E-state index contributed by atoms with van der Waals surface area (Å²) in [5, 5.41) is 17.9. The van der Waals surface area contributed by atoms with E-state index in [4.69, 9.17) is 5.11 Å². The molecule has 1 heterocycles. The van der Waals surface area contributed by atoms with Gasteiger partial charge in [-0.2, -0.15) is 0 Å². The quantitative estimate of drug-likeness (QED) is 0.761. The number of hydrogen-bond acceptors (Lipinski definition) is 5. The van der Waals surface area contributed by atoms with Crippen molar-refractivity contribution in [1.29, 1.82) is 0 Å². The van der Waals surface area contributed by atoms with E-state index in [2.05, 4.69) is 26.6 Å². The lowest BCUT2D eigenvalue weighted by atomic mass is 10.3. The van der Waals surface area contributed by atoms with E-state index in [1.807, 2.05) is 14.1 Å². The van der Waals surface area contributed by atoms with Crippen LogP contribution in [0.4, 0.5) is 0 Å². The SMILES string of the molecule is CC(Cn1c(SCC(=O)O)nnc1C1CC1)N(C)C. The van der Waals surface area contributed by atoms with Crippen LogP contribution in [-0.4, -0.2) is 56.6 Å². The summed E-state index contributed by atoms with van der Waals surface area (Å²) in [4.78, 5) is 12.8. The van der Waals surface area contributed by atoms with E-state index in [0.29, 0.717) is 12.0 Å². The molecule has 0 amide bonds. The molecule has 6 nitrogen and oxygen atoms in total. The number of carbonyl (C=O) groups is 1.